The minimum absolute atomic E-state index is 0.0648. The zero-order valence-electron chi connectivity index (χ0n) is 22.7. The molecule has 3 heterocycles. The molecule has 0 radical (unpaired) electrons. The van der Waals surface area contributed by atoms with Crippen LogP contribution in [0.1, 0.15) is 47.8 Å². The Morgan fingerprint density at radius 2 is 1.90 bits per heavy atom. The number of ether oxygens (including phenoxy) is 4. The molecule has 39 heavy (non-hydrogen) atoms. The number of nitrogen functional groups attached to an aromatic ring is 1. The van der Waals surface area contributed by atoms with Gasteiger partial charge < -0.3 is 29.2 Å². The third-order valence-corrected chi connectivity index (χ3v) is 7.76. The maximum Gasteiger partial charge on any atom is 0.459 e. The Labute approximate surface area is 226 Å². The molecule has 0 aliphatic carbocycles. The van der Waals surface area contributed by atoms with Crippen molar-refractivity contribution in [3.8, 4) is 5.75 Å². The number of nitrogens with one attached hydrogen (secondary N) is 1. The summed E-state index contributed by atoms with van der Waals surface area (Å²) in [5.74, 6) is -1.31. The number of carbonyl (C=O) groups is 1. The van der Waals surface area contributed by atoms with E-state index in [2.05, 4.69) is 10.1 Å². The summed E-state index contributed by atoms with van der Waals surface area (Å²) >= 11 is 0. The van der Waals surface area contributed by atoms with Gasteiger partial charge >= 0.3 is 19.4 Å². The molecule has 2 aliphatic rings. The molecule has 2 saturated heterocycles. The predicted molar refractivity (Wildman–Crippen MR) is 140 cm³/mol. The van der Waals surface area contributed by atoms with Gasteiger partial charge in [-0.15, -0.1) is 0 Å². The molecule has 0 spiro atoms. The third-order valence-electron chi connectivity index (χ3n) is 6.11. The summed E-state index contributed by atoms with van der Waals surface area (Å²) in [6, 6.07) is 8.84. The first-order valence-corrected chi connectivity index (χ1v) is 14.1. The lowest BCUT2D eigenvalue weighted by Crippen LogP contribution is -2.45. The Morgan fingerprint density at radius 3 is 2.54 bits per heavy atom. The molecular formula is C25H35N4O9P. The fraction of sp³-hybridized carbons (Fsp3) is 0.560. The van der Waals surface area contributed by atoms with Crippen molar-refractivity contribution >= 4 is 19.5 Å². The predicted octanol–water partition coefficient (Wildman–Crippen LogP) is 2.77. The number of aromatic nitrogens is 2. The van der Waals surface area contributed by atoms with E-state index in [1.807, 2.05) is 0 Å². The molecule has 4 rings (SSSR count). The number of nitrogens with zero attached hydrogens (tertiary/aromatic N) is 2. The van der Waals surface area contributed by atoms with Gasteiger partial charge in [-0.3, -0.25) is 13.9 Å². The summed E-state index contributed by atoms with van der Waals surface area (Å²) in [4.78, 5) is 28.9. The molecule has 1 unspecified atom stereocenters. The van der Waals surface area contributed by atoms with E-state index >= 15 is 0 Å². The first kappa shape index (κ1) is 29.2. The van der Waals surface area contributed by atoms with Gasteiger partial charge in [0, 0.05) is 6.20 Å². The van der Waals surface area contributed by atoms with Crippen LogP contribution in [0.5, 0.6) is 5.75 Å². The highest BCUT2D eigenvalue weighted by atomic mass is 31.2. The molecule has 0 saturated carbocycles. The van der Waals surface area contributed by atoms with Crippen LogP contribution in [0.4, 0.5) is 5.82 Å². The first-order chi connectivity index (χ1) is 18.2. The number of benzene rings is 1. The molecule has 6 atom stereocenters. The highest BCUT2D eigenvalue weighted by Gasteiger charge is 2.64. The fourth-order valence-electron chi connectivity index (χ4n) is 4.62. The van der Waals surface area contributed by atoms with E-state index in [0.29, 0.717) is 0 Å². The van der Waals surface area contributed by atoms with Gasteiger partial charge in [0.2, 0.25) is 0 Å². The van der Waals surface area contributed by atoms with E-state index in [9.17, 15) is 14.2 Å². The Kier molecular flexibility index (Phi) is 8.23. The molecule has 0 bridgehead atoms. The Morgan fingerprint density at radius 1 is 1.21 bits per heavy atom. The maximum absolute atomic E-state index is 13.9. The molecule has 2 aliphatic heterocycles. The van der Waals surface area contributed by atoms with Gasteiger partial charge in [-0.05, 0) is 59.7 Å². The van der Waals surface area contributed by atoms with Crippen LogP contribution < -0.4 is 21.0 Å². The molecule has 1 aromatic carbocycles. The van der Waals surface area contributed by atoms with Crippen molar-refractivity contribution in [2.75, 3.05) is 12.3 Å². The van der Waals surface area contributed by atoms with Crippen LogP contribution in [0, 0.1) is 0 Å². The number of carbonyl (C=O) groups excluding carboxylic acids is 1. The van der Waals surface area contributed by atoms with E-state index in [-0.39, 0.29) is 24.3 Å². The lowest BCUT2D eigenvalue weighted by molar-refractivity contribution is -0.217. The average molecular weight is 567 g/mol. The molecular weight excluding hydrogens is 531 g/mol. The smallest absolute Gasteiger partial charge is 0.459 e. The molecule has 3 N–H and O–H groups in total. The van der Waals surface area contributed by atoms with Crippen molar-refractivity contribution in [2.24, 2.45) is 0 Å². The molecule has 2 fully saturated rings. The van der Waals surface area contributed by atoms with Crippen molar-refractivity contribution < 1.29 is 37.4 Å². The Bertz CT molecular complexity index is 1290. The number of para-hydroxylation sites is 1. The highest BCUT2D eigenvalue weighted by Crippen LogP contribution is 2.52. The van der Waals surface area contributed by atoms with Crippen LogP contribution in [0.2, 0.25) is 0 Å². The Balaban J connectivity index is 1.59. The van der Waals surface area contributed by atoms with E-state index in [0.717, 1.165) is 0 Å². The largest absolute Gasteiger partial charge is 0.462 e. The molecule has 0 amide bonds. The van der Waals surface area contributed by atoms with E-state index in [1.54, 1.807) is 65.0 Å². The van der Waals surface area contributed by atoms with Gasteiger partial charge in [0.1, 0.15) is 35.4 Å². The van der Waals surface area contributed by atoms with Gasteiger partial charge in [0.25, 0.3) is 0 Å². The van der Waals surface area contributed by atoms with Gasteiger partial charge in [-0.2, -0.15) is 10.1 Å². The van der Waals surface area contributed by atoms with Crippen LogP contribution in [-0.2, 0) is 32.8 Å². The first-order valence-electron chi connectivity index (χ1n) is 12.6. The molecule has 13 nitrogen and oxygen atoms in total. The van der Waals surface area contributed by atoms with E-state index in [1.165, 1.54) is 23.8 Å². The van der Waals surface area contributed by atoms with Crippen molar-refractivity contribution in [1.29, 1.82) is 0 Å². The zero-order chi connectivity index (χ0) is 28.6. The number of anilines is 1. The summed E-state index contributed by atoms with van der Waals surface area (Å²) in [5, 5.41) is 2.64. The van der Waals surface area contributed by atoms with Crippen LogP contribution in [0.25, 0.3) is 0 Å². The van der Waals surface area contributed by atoms with Crippen molar-refractivity contribution in [3.05, 3.63) is 53.1 Å². The van der Waals surface area contributed by atoms with Crippen LogP contribution >= 0.6 is 7.75 Å². The second kappa shape index (κ2) is 11.0. The number of hydrogen-bond donors (Lipinski definition) is 2. The topological polar surface area (TPSA) is 162 Å². The lowest BCUT2D eigenvalue weighted by atomic mass is 9.96. The van der Waals surface area contributed by atoms with Gasteiger partial charge in [-0.25, -0.2) is 9.36 Å². The van der Waals surface area contributed by atoms with Crippen LogP contribution in [-0.4, -0.2) is 57.9 Å². The van der Waals surface area contributed by atoms with Crippen LogP contribution in [0.3, 0.4) is 0 Å². The Hall–Kier alpha value is -2.80. The fourth-order valence-corrected chi connectivity index (χ4v) is 6.12. The van der Waals surface area contributed by atoms with Crippen molar-refractivity contribution in [2.45, 2.75) is 83.5 Å². The lowest BCUT2D eigenvalue weighted by Gasteiger charge is -2.30. The van der Waals surface area contributed by atoms with E-state index < -0.39 is 55.3 Å². The minimum Gasteiger partial charge on any atom is -0.462 e. The maximum atomic E-state index is 13.9. The van der Waals surface area contributed by atoms with Crippen LogP contribution in [0.15, 0.2) is 47.4 Å². The quantitative estimate of drug-likeness (QED) is 0.320. The van der Waals surface area contributed by atoms with Gasteiger partial charge in [-0.1, -0.05) is 18.2 Å². The molecule has 1 aromatic heterocycles. The minimum atomic E-state index is -4.17. The van der Waals surface area contributed by atoms with E-state index in [4.69, 9.17) is 33.7 Å². The molecule has 2 aromatic rings. The third kappa shape index (κ3) is 6.51. The number of nitrogens with two attached hydrogens (primary N) is 1. The SMILES string of the molecule is CC(C)OC(=O)[C@H](C)NP(=O)(OC[C@H]1O[C@@H](n2ccc(N)nc2=O)[C@]2(C)OC(C)(C)O[C@H]12)Oc1ccccc1. The highest BCUT2D eigenvalue weighted by molar-refractivity contribution is 7.52. The number of rotatable bonds is 10. The summed E-state index contributed by atoms with van der Waals surface area (Å²) in [6.07, 6.45) is -1.44. The average Bonchev–Trinajstić information content (AvgIpc) is 3.23. The summed E-state index contributed by atoms with van der Waals surface area (Å²) in [6.45, 7) is 9.84. The van der Waals surface area contributed by atoms with Gasteiger partial charge in [0.05, 0.1) is 12.7 Å². The summed E-state index contributed by atoms with van der Waals surface area (Å²) in [7, 11) is -4.17. The van der Waals surface area contributed by atoms with Crippen molar-refractivity contribution in [1.82, 2.24) is 14.6 Å². The summed E-state index contributed by atoms with van der Waals surface area (Å²) in [5.41, 5.74) is 3.89. The normalized spacial score (nSPS) is 28.0. The number of hydrogen-bond acceptors (Lipinski definition) is 11. The van der Waals surface area contributed by atoms with Crippen molar-refractivity contribution in [3.63, 3.8) is 0 Å². The monoisotopic (exact) mass is 566 g/mol. The second-order valence-corrected chi connectivity index (χ2v) is 12.0. The molecule has 214 valence electrons. The van der Waals surface area contributed by atoms with Gasteiger partial charge in [0.15, 0.2) is 12.0 Å². The molecule has 14 heteroatoms. The summed E-state index contributed by atoms with van der Waals surface area (Å²) < 4.78 is 50.5. The number of fused-ring (bicyclic) bond motifs is 1. The number of esters is 1. The zero-order valence-corrected chi connectivity index (χ0v) is 23.6. The standard InChI is InChI=1S/C25H35N4O9P/c1-15(2)34-21(30)16(3)28-39(32,37-17-10-8-7-9-11-17)33-14-18-20-25(6,38-24(4,5)36-20)22(35-18)29-13-12-19(26)27-23(29)31/h7-13,15-16,18,20,22H,14H2,1-6H3,(H,28,32)(H2,26,27,31)/t16-,18+,20+,22+,25+,39?/m0/s1. The second-order valence-electron chi connectivity index (χ2n) is 10.3.